The first-order valence-corrected chi connectivity index (χ1v) is 4.95. The Morgan fingerprint density at radius 3 is 2.67 bits per heavy atom. The third-order valence-electron chi connectivity index (χ3n) is 1.33. The van der Waals surface area contributed by atoms with Gasteiger partial charge in [0.2, 0.25) is 0 Å². The summed E-state index contributed by atoms with van der Waals surface area (Å²) < 4.78 is 26.9. The lowest BCUT2D eigenvalue weighted by molar-refractivity contribution is 0.00262. The zero-order chi connectivity index (χ0) is 9.19. The van der Waals surface area contributed by atoms with Crippen LogP contribution in [0.15, 0.2) is 15.9 Å². The minimum atomic E-state index is -2.76. The Balaban J connectivity index is 2.81. The van der Waals surface area contributed by atoms with Crippen LogP contribution in [0.5, 0.6) is 0 Å². The van der Waals surface area contributed by atoms with E-state index in [0.717, 1.165) is 15.1 Å². The molecule has 68 valence electrons. The lowest BCUT2D eigenvalue weighted by Crippen LogP contribution is -2.27. The quantitative estimate of drug-likeness (QED) is 0.876. The first kappa shape index (κ1) is 10.1. The van der Waals surface area contributed by atoms with E-state index in [2.05, 4.69) is 21.2 Å². The molecule has 0 spiro atoms. The third-order valence-corrected chi connectivity index (χ3v) is 3.07. The van der Waals surface area contributed by atoms with E-state index in [9.17, 15) is 8.78 Å². The Bertz CT molecular complexity index is 262. The fourth-order valence-electron chi connectivity index (χ4n) is 0.820. The first-order chi connectivity index (χ1) is 5.56. The summed E-state index contributed by atoms with van der Waals surface area (Å²) in [5.41, 5.74) is 0. The van der Waals surface area contributed by atoms with Gasteiger partial charge in [0, 0.05) is 0 Å². The van der Waals surface area contributed by atoms with Crippen molar-refractivity contribution in [2.24, 2.45) is 0 Å². The van der Waals surface area contributed by atoms with Gasteiger partial charge in [0.25, 0.3) is 5.92 Å². The van der Waals surface area contributed by atoms with Gasteiger partial charge in [-0.05, 0) is 35.1 Å². The van der Waals surface area contributed by atoms with Gasteiger partial charge < -0.3 is 5.32 Å². The molecule has 1 aromatic heterocycles. The van der Waals surface area contributed by atoms with E-state index in [1.807, 2.05) is 0 Å². The topological polar surface area (TPSA) is 12.0 Å². The zero-order valence-corrected chi connectivity index (χ0v) is 8.81. The molecule has 0 aromatic carbocycles. The van der Waals surface area contributed by atoms with E-state index in [1.54, 1.807) is 6.07 Å². The average Bonchev–Trinajstić information content (AvgIpc) is 2.36. The predicted octanol–water partition coefficient (Wildman–Crippen LogP) is 2.82. The Labute approximate surface area is 81.9 Å². The number of alkyl halides is 2. The van der Waals surface area contributed by atoms with Crippen LogP contribution in [-0.2, 0) is 5.92 Å². The lowest BCUT2D eigenvalue weighted by atomic mass is 10.3. The van der Waals surface area contributed by atoms with Gasteiger partial charge in [-0.1, -0.05) is 0 Å². The van der Waals surface area contributed by atoms with E-state index in [4.69, 9.17) is 0 Å². The summed E-state index contributed by atoms with van der Waals surface area (Å²) in [5.74, 6) is -2.76. The van der Waals surface area contributed by atoms with Crippen molar-refractivity contribution in [2.45, 2.75) is 5.92 Å². The van der Waals surface area contributed by atoms with Crippen molar-refractivity contribution in [2.75, 3.05) is 13.6 Å². The van der Waals surface area contributed by atoms with Crippen LogP contribution >= 0.6 is 27.3 Å². The van der Waals surface area contributed by atoms with Gasteiger partial charge in [-0.25, -0.2) is 0 Å². The molecule has 0 saturated heterocycles. The number of rotatable bonds is 3. The molecule has 0 amide bonds. The molecule has 0 aliphatic heterocycles. The average molecular weight is 256 g/mol. The monoisotopic (exact) mass is 255 g/mol. The molecule has 1 aromatic rings. The van der Waals surface area contributed by atoms with Crippen LogP contribution in [0.4, 0.5) is 8.78 Å². The van der Waals surface area contributed by atoms with E-state index >= 15 is 0 Å². The molecule has 0 aliphatic rings. The van der Waals surface area contributed by atoms with Crippen molar-refractivity contribution < 1.29 is 8.78 Å². The maximum Gasteiger partial charge on any atom is 0.294 e. The highest BCUT2D eigenvalue weighted by Crippen LogP contribution is 2.34. The van der Waals surface area contributed by atoms with Crippen LogP contribution in [-0.4, -0.2) is 13.6 Å². The molecule has 0 radical (unpaired) electrons. The van der Waals surface area contributed by atoms with Crippen molar-refractivity contribution in [3.05, 3.63) is 20.8 Å². The SMILES string of the molecule is CNCC(F)(F)c1ccc(Br)s1. The fourth-order valence-corrected chi connectivity index (χ4v) is 2.18. The molecule has 1 rings (SSSR count). The molecule has 1 N–H and O–H groups in total. The Morgan fingerprint density at radius 2 is 2.25 bits per heavy atom. The summed E-state index contributed by atoms with van der Waals surface area (Å²) in [6, 6.07) is 3.07. The van der Waals surface area contributed by atoms with E-state index in [0.29, 0.717) is 0 Å². The van der Waals surface area contributed by atoms with Gasteiger partial charge in [-0.15, -0.1) is 11.3 Å². The molecule has 1 nitrogen and oxygen atoms in total. The first-order valence-electron chi connectivity index (χ1n) is 3.34. The Hall–Kier alpha value is -0.0000000000000000833. The van der Waals surface area contributed by atoms with Crippen LogP contribution < -0.4 is 5.32 Å². The second-order valence-electron chi connectivity index (χ2n) is 2.34. The molecule has 0 bridgehead atoms. The number of halogens is 3. The molecule has 0 unspecified atom stereocenters. The minimum absolute atomic E-state index is 0.0868. The maximum atomic E-state index is 13.1. The van der Waals surface area contributed by atoms with E-state index < -0.39 is 5.92 Å². The number of thiophene rings is 1. The highest BCUT2D eigenvalue weighted by atomic mass is 79.9. The van der Waals surface area contributed by atoms with Crippen molar-refractivity contribution in [3.63, 3.8) is 0 Å². The predicted molar refractivity (Wildman–Crippen MR) is 49.8 cm³/mol. The standard InChI is InChI=1S/C7H8BrF2NS/c1-11-4-7(9,10)5-2-3-6(8)12-5/h2-3,11H,4H2,1H3. The van der Waals surface area contributed by atoms with Crippen molar-refractivity contribution in [3.8, 4) is 0 Å². The summed E-state index contributed by atoms with van der Waals surface area (Å²) in [4.78, 5) is 0.0868. The molecule has 12 heavy (non-hydrogen) atoms. The highest BCUT2D eigenvalue weighted by molar-refractivity contribution is 9.11. The van der Waals surface area contributed by atoms with Crippen LogP contribution in [0, 0.1) is 0 Å². The molecule has 0 fully saturated rings. The molecular weight excluding hydrogens is 248 g/mol. The van der Waals surface area contributed by atoms with E-state index in [-0.39, 0.29) is 11.4 Å². The van der Waals surface area contributed by atoms with Gasteiger partial charge in [0.05, 0.1) is 15.2 Å². The number of likely N-dealkylation sites (N-methyl/N-ethyl adjacent to an activating group) is 1. The summed E-state index contributed by atoms with van der Waals surface area (Å²) in [5, 5.41) is 2.46. The Kier molecular flexibility index (Phi) is 3.20. The summed E-state index contributed by atoms with van der Waals surface area (Å²) in [7, 11) is 1.51. The molecule has 5 heteroatoms. The highest BCUT2D eigenvalue weighted by Gasteiger charge is 2.31. The van der Waals surface area contributed by atoms with Crippen LogP contribution in [0.25, 0.3) is 0 Å². The van der Waals surface area contributed by atoms with Gasteiger partial charge in [0.1, 0.15) is 0 Å². The maximum absolute atomic E-state index is 13.1. The van der Waals surface area contributed by atoms with Gasteiger partial charge >= 0.3 is 0 Å². The fraction of sp³-hybridized carbons (Fsp3) is 0.429. The number of hydrogen-bond acceptors (Lipinski definition) is 2. The van der Waals surface area contributed by atoms with Crippen LogP contribution in [0.1, 0.15) is 4.88 Å². The molecule has 1 heterocycles. The second kappa shape index (κ2) is 3.81. The molecule has 0 atom stereocenters. The largest absolute Gasteiger partial charge is 0.314 e. The zero-order valence-electron chi connectivity index (χ0n) is 6.40. The van der Waals surface area contributed by atoms with Crippen molar-refractivity contribution >= 4 is 27.3 Å². The van der Waals surface area contributed by atoms with Crippen LogP contribution in [0.3, 0.4) is 0 Å². The van der Waals surface area contributed by atoms with Gasteiger partial charge in [-0.2, -0.15) is 8.78 Å². The summed E-state index contributed by atoms with van der Waals surface area (Å²) in [6.07, 6.45) is 0. The second-order valence-corrected chi connectivity index (χ2v) is 4.80. The normalized spacial score (nSPS) is 12.0. The summed E-state index contributed by atoms with van der Waals surface area (Å²) >= 11 is 4.20. The van der Waals surface area contributed by atoms with Crippen LogP contribution in [0.2, 0.25) is 0 Å². The Morgan fingerprint density at radius 1 is 1.58 bits per heavy atom. The van der Waals surface area contributed by atoms with E-state index in [1.165, 1.54) is 13.1 Å². The summed E-state index contributed by atoms with van der Waals surface area (Å²) in [6.45, 7) is -0.319. The molecule has 0 aliphatic carbocycles. The van der Waals surface area contributed by atoms with Crippen molar-refractivity contribution in [1.29, 1.82) is 0 Å². The smallest absolute Gasteiger partial charge is 0.294 e. The van der Waals surface area contributed by atoms with Crippen molar-refractivity contribution in [1.82, 2.24) is 5.32 Å². The minimum Gasteiger partial charge on any atom is -0.314 e. The molecular formula is C7H8BrF2NS. The van der Waals surface area contributed by atoms with Gasteiger partial charge in [0.15, 0.2) is 0 Å². The van der Waals surface area contributed by atoms with Gasteiger partial charge in [-0.3, -0.25) is 0 Å². The third kappa shape index (κ3) is 2.24. The number of nitrogens with one attached hydrogen (secondary N) is 1. The molecule has 0 saturated carbocycles. The lowest BCUT2D eigenvalue weighted by Gasteiger charge is -2.12. The number of hydrogen-bond donors (Lipinski definition) is 1.